The molecule has 0 aliphatic heterocycles. The lowest BCUT2D eigenvalue weighted by molar-refractivity contribution is -0.383. The number of rotatable bonds is 5. The van der Waals surface area contributed by atoms with Crippen molar-refractivity contribution in [1.29, 1.82) is 0 Å². The van der Waals surface area contributed by atoms with Gasteiger partial charge in [0.2, 0.25) is 11.6 Å². The van der Waals surface area contributed by atoms with E-state index in [1.807, 2.05) is 26.0 Å². The Kier molecular flexibility index (Phi) is 4.46. The highest BCUT2D eigenvalue weighted by molar-refractivity contribution is 5.75. The van der Waals surface area contributed by atoms with Gasteiger partial charge in [-0.15, -0.1) is 0 Å². The van der Waals surface area contributed by atoms with Crippen LogP contribution in [0.2, 0.25) is 0 Å². The third-order valence-corrected chi connectivity index (χ3v) is 3.32. The van der Waals surface area contributed by atoms with Crippen molar-refractivity contribution in [2.45, 2.75) is 13.8 Å². The molecule has 3 heterocycles. The molecule has 0 radical (unpaired) electrons. The van der Waals surface area contributed by atoms with Crippen LogP contribution in [0.5, 0.6) is 0 Å². The third kappa shape index (κ3) is 3.83. The van der Waals surface area contributed by atoms with Gasteiger partial charge in [-0.25, -0.2) is 19.9 Å². The fraction of sp³-hybridized carbons (Fsp3) is 0.125. The van der Waals surface area contributed by atoms with Crippen LogP contribution in [-0.4, -0.2) is 24.9 Å². The number of nitro groups is 1. The number of hydrogen-bond acceptors (Lipinski definition) is 8. The maximum absolute atomic E-state index is 11.5. The Labute approximate surface area is 143 Å². The number of anilines is 4. The zero-order chi connectivity index (χ0) is 17.8. The number of hydrogen-bond donors (Lipinski definition) is 2. The van der Waals surface area contributed by atoms with Crippen molar-refractivity contribution in [3.05, 3.63) is 64.2 Å². The summed E-state index contributed by atoms with van der Waals surface area (Å²) in [5, 5.41) is 17.2. The second-order valence-corrected chi connectivity index (χ2v) is 5.37. The highest BCUT2D eigenvalue weighted by Gasteiger charge is 2.23. The molecule has 0 aromatic carbocycles. The maximum atomic E-state index is 11.5. The monoisotopic (exact) mass is 337 g/mol. The largest absolute Gasteiger partial charge is 0.354 e. The van der Waals surface area contributed by atoms with Gasteiger partial charge in [0.25, 0.3) is 0 Å². The molecule has 0 saturated carbocycles. The first-order valence-corrected chi connectivity index (χ1v) is 7.41. The van der Waals surface area contributed by atoms with E-state index in [0.717, 1.165) is 11.1 Å². The Morgan fingerprint density at radius 3 is 1.68 bits per heavy atom. The fourth-order valence-corrected chi connectivity index (χ4v) is 2.06. The summed E-state index contributed by atoms with van der Waals surface area (Å²) in [5.74, 6) is 0.996. The lowest BCUT2D eigenvalue weighted by Gasteiger charge is -2.09. The molecule has 0 amide bonds. The van der Waals surface area contributed by atoms with E-state index in [1.165, 1.54) is 6.33 Å². The summed E-state index contributed by atoms with van der Waals surface area (Å²) < 4.78 is 0. The Bertz CT molecular complexity index is 830. The molecular formula is C16H15N7O2. The molecule has 3 rings (SSSR count). The van der Waals surface area contributed by atoms with Crippen LogP contribution >= 0.6 is 0 Å². The quantitative estimate of drug-likeness (QED) is 0.538. The van der Waals surface area contributed by atoms with Crippen molar-refractivity contribution in [2.24, 2.45) is 0 Å². The zero-order valence-corrected chi connectivity index (χ0v) is 13.6. The lowest BCUT2D eigenvalue weighted by atomic mass is 10.3. The first-order valence-electron chi connectivity index (χ1n) is 7.41. The molecule has 3 aromatic heterocycles. The van der Waals surface area contributed by atoms with Crippen LogP contribution in [0.25, 0.3) is 0 Å². The molecule has 0 atom stereocenters. The van der Waals surface area contributed by atoms with Gasteiger partial charge in [-0.2, -0.15) is 0 Å². The summed E-state index contributed by atoms with van der Waals surface area (Å²) in [6.07, 6.45) is 4.55. The van der Waals surface area contributed by atoms with Gasteiger partial charge < -0.3 is 10.6 Å². The first-order chi connectivity index (χ1) is 12.0. The second-order valence-electron chi connectivity index (χ2n) is 5.37. The normalized spacial score (nSPS) is 10.3. The van der Waals surface area contributed by atoms with Gasteiger partial charge in [-0.1, -0.05) is 12.1 Å². The number of nitrogens with one attached hydrogen (secondary N) is 2. The van der Waals surface area contributed by atoms with Crippen LogP contribution in [0.4, 0.5) is 29.0 Å². The SMILES string of the molecule is Cc1ccc(Nc2ncnc(Nc3ccc(C)cn3)c2[N+](=O)[O-])nc1. The molecule has 126 valence electrons. The van der Waals surface area contributed by atoms with Gasteiger partial charge in [0.1, 0.15) is 18.0 Å². The highest BCUT2D eigenvalue weighted by atomic mass is 16.6. The van der Waals surface area contributed by atoms with Gasteiger partial charge in [-0.05, 0) is 37.1 Å². The van der Waals surface area contributed by atoms with Crippen LogP contribution in [0.15, 0.2) is 43.0 Å². The van der Waals surface area contributed by atoms with Crippen molar-refractivity contribution in [3.63, 3.8) is 0 Å². The van der Waals surface area contributed by atoms with E-state index in [2.05, 4.69) is 30.6 Å². The minimum Gasteiger partial charge on any atom is -0.319 e. The van der Waals surface area contributed by atoms with Gasteiger partial charge in [0.15, 0.2) is 0 Å². The highest BCUT2D eigenvalue weighted by Crippen LogP contribution is 2.32. The van der Waals surface area contributed by atoms with Gasteiger partial charge in [-0.3, -0.25) is 10.1 Å². The zero-order valence-electron chi connectivity index (χ0n) is 13.6. The van der Waals surface area contributed by atoms with E-state index in [1.54, 1.807) is 24.5 Å². The summed E-state index contributed by atoms with van der Waals surface area (Å²) in [7, 11) is 0. The Morgan fingerprint density at radius 2 is 1.32 bits per heavy atom. The van der Waals surface area contributed by atoms with E-state index in [0.29, 0.717) is 11.6 Å². The summed E-state index contributed by atoms with van der Waals surface area (Å²) in [4.78, 5) is 27.3. The van der Waals surface area contributed by atoms with E-state index in [-0.39, 0.29) is 17.3 Å². The van der Waals surface area contributed by atoms with Crippen LogP contribution in [-0.2, 0) is 0 Å². The van der Waals surface area contributed by atoms with E-state index >= 15 is 0 Å². The topological polar surface area (TPSA) is 119 Å². The predicted octanol–water partition coefficient (Wildman–Crippen LogP) is 3.28. The number of aryl methyl sites for hydroxylation is 2. The molecule has 0 fully saturated rings. The van der Waals surface area contributed by atoms with Crippen LogP contribution < -0.4 is 10.6 Å². The smallest absolute Gasteiger partial charge is 0.319 e. The molecule has 0 aliphatic rings. The van der Waals surface area contributed by atoms with Crippen molar-refractivity contribution in [3.8, 4) is 0 Å². The van der Waals surface area contributed by atoms with Gasteiger partial charge in [0.05, 0.1) is 4.92 Å². The first kappa shape index (κ1) is 16.2. The molecule has 0 bridgehead atoms. The number of nitrogens with zero attached hydrogens (tertiary/aromatic N) is 5. The van der Waals surface area contributed by atoms with Crippen molar-refractivity contribution in [1.82, 2.24) is 19.9 Å². The van der Waals surface area contributed by atoms with Gasteiger partial charge >= 0.3 is 5.69 Å². The average molecular weight is 337 g/mol. The molecule has 9 heteroatoms. The Hall–Kier alpha value is -3.62. The fourth-order valence-electron chi connectivity index (χ4n) is 2.06. The van der Waals surface area contributed by atoms with E-state index in [9.17, 15) is 10.1 Å². The summed E-state index contributed by atoms with van der Waals surface area (Å²) in [6, 6.07) is 7.13. The summed E-state index contributed by atoms with van der Waals surface area (Å²) >= 11 is 0. The van der Waals surface area contributed by atoms with E-state index < -0.39 is 4.92 Å². The molecule has 2 N–H and O–H groups in total. The minimum atomic E-state index is -0.549. The predicted molar refractivity (Wildman–Crippen MR) is 93.2 cm³/mol. The third-order valence-electron chi connectivity index (χ3n) is 3.32. The number of pyridine rings is 2. The van der Waals surface area contributed by atoms with E-state index in [4.69, 9.17) is 0 Å². The van der Waals surface area contributed by atoms with Crippen LogP contribution in [0.1, 0.15) is 11.1 Å². The van der Waals surface area contributed by atoms with Crippen LogP contribution in [0, 0.1) is 24.0 Å². The molecule has 0 saturated heterocycles. The van der Waals surface area contributed by atoms with Crippen molar-refractivity contribution in [2.75, 3.05) is 10.6 Å². The average Bonchev–Trinajstić information content (AvgIpc) is 2.59. The second kappa shape index (κ2) is 6.87. The summed E-state index contributed by atoms with van der Waals surface area (Å²) in [5.41, 5.74) is 1.68. The Morgan fingerprint density at radius 1 is 0.840 bits per heavy atom. The molecule has 25 heavy (non-hydrogen) atoms. The minimum absolute atomic E-state index is 0.0472. The number of aromatic nitrogens is 4. The standard InChI is InChI=1S/C16H15N7O2/c1-10-3-5-12(17-7-10)21-15-14(23(24)25)16(20-9-19-15)22-13-6-4-11(2)8-18-13/h3-9H,1-2H3,(H2,17,18,19,20,21,22). The molecule has 3 aromatic rings. The maximum Gasteiger partial charge on any atom is 0.354 e. The van der Waals surface area contributed by atoms with Crippen molar-refractivity contribution < 1.29 is 4.92 Å². The lowest BCUT2D eigenvalue weighted by Crippen LogP contribution is -2.06. The molecular weight excluding hydrogens is 322 g/mol. The molecule has 0 spiro atoms. The van der Waals surface area contributed by atoms with Crippen molar-refractivity contribution >= 4 is 29.0 Å². The molecule has 0 aliphatic carbocycles. The van der Waals surface area contributed by atoms with Crippen LogP contribution in [0.3, 0.4) is 0 Å². The van der Waals surface area contributed by atoms with Gasteiger partial charge in [0, 0.05) is 12.4 Å². The summed E-state index contributed by atoms with van der Waals surface area (Å²) in [6.45, 7) is 3.81. The molecule has 9 nitrogen and oxygen atoms in total. The molecule has 0 unspecified atom stereocenters. The Balaban J connectivity index is 1.94.